The van der Waals surface area contributed by atoms with Crippen molar-refractivity contribution in [1.82, 2.24) is 0 Å². The lowest BCUT2D eigenvalue weighted by molar-refractivity contribution is 0.184. The summed E-state index contributed by atoms with van der Waals surface area (Å²) in [5.41, 5.74) is 0.879. The van der Waals surface area contributed by atoms with E-state index in [9.17, 15) is 13.5 Å². The lowest BCUT2D eigenvalue weighted by Crippen LogP contribution is -2.21. The van der Waals surface area contributed by atoms with Crippen molar-refractivity contribution < 1.29 is 13.5 Å². The van der Waals surface area contributed by atoms with Crippen molar-refractivity contribution in [3.05, 3.63) is 34.3 Å². The van der Waals surface area contributed by atoms with Gasteiger partial charge in [-0.2, -0.15) is 0 Å². The molecular weight excluding hydrogens is 306 g/mol. The van der Waals surface area contributed by atoms with Crippen molar-refractivity contribution in [2.24, 2.45) is 4.99 Å². The molecule has 0 radical (unpaired) electrons. The van der Waals surface area contributed by atoms with Crippen LogP contribution >= 0.6 is 15.9 Å². The fourth-order valence-corrected chi connectivity index (χ4v) is 3.66. The first-order valence-corrected chi connectivity index (χ1v) is 7.75. The Morgan fingerprint density at radius 1 is 1.29 bits per heavy atom. The number of hydrogen-bond donors (Lipinski definition) is 1. The molecule has 2 atom stereocenters. The molecule has 0 bridgehead atoms. The van der Waals surface area contributed by atoms with Gasteiger partial charge in [0.2, 0.25) is 0 Å². The third kappa shape index (κ3) is 3.37. The Hall–Kier alpha value is -0.720. The Morgan fingerprint density at radius 2 is 1.94 bits per heavy atom. The number of halogens is 1. The van der Waals surface area contributed by atoms with Crippen LogP contribution in [-0.4, -0.2) is 43.4 Å². The minimum Gasteiger partial charge on any atom is -0.390 e. The van der Waals surface area contributed by atoms with Crippen molar-refractivity contribution in [1.29, 1.82) is 0 Å². The van der Waals surface area contributed by atoms with Crippen LogP contribution in [-0.2, 0) is 9.84 Å². The van der Waals surface area contributed by atoms with Crippen LogP contribution in [0.5, 0.6) is 0 Å². The van der Waals surface area contributed by atoms with Crippen LogP contribution in [0.4, 0.5) is 0 Å². The van der Waals surface area contributed by atoms with Gasteiger partial charge < -0.3 is 5.11 Å². The maximum atomic E-state index is 11.3. The summed E-state index contributed by atoms with van der Waals surface area (Å²) in [7, 11) is -3.13. The molecule has 1 aromatic rings. The third-order valence-electron chi connectivity index (χ3n) is 2.58. The third-order valence-corrected chi connectivity index (χ3v) is 4.81. The van der Waals surface area contributed by atoms with Crippen LogP contribution in [0, 0.1) is 0 Å². The average Bonchev–Trinajstić information content (AvgIpc) is 2.51. The molecule has 0 unspecified atom stereocenters. The van der Waals surface area contributed by atoms with Gasteiger partial charge in [-0.25, -0.2) is 8.42 Å². The second-order valence-electron chi connectivity index (χ2n) is 4.04. The van der Waals surface area contributed by atoms with E-state index in [-0.39, 0.29) is 11.5 Å². The van der Waals surface area contributed by atoms with E-state index in [0.717, 1.165) is 10.0 Å². The van der Waals surface area contributed by atoms with Crippen LogP contribution in [0.2, 0.25) is 0 Å². The van der Waals surface area contributed by atoms with Crippen LogP contribution in [0.3, 0.4) is 0 Å². The number of benzene rings is 1. The Morgan fingerprint density at radius 3 is 2.47 bits per heavy atom. The van der Waals surface area contributed by atoms with E-state index in [1.54, 1.807) is 6.21 Å². The molecule has 1 aliphatic heterocycles. The van der Waals surface area contributed by atoms with Crippen molar-refractivity contribution in [2.75, 3.05) is 11.5 Å². The summed E-state index contributed by atoms with van der Waals surface area (Å²) < 4.78 is 23.5. The van der Waals surface area contributed by atoms with Gasteiger partial charge in [0.1, 0.15) is 0 Å². The molecule has 17 heavy (non-hydrogen) atoms. The predicted molar refractivity (Wildman–Crippen MR) is 70.2 cm³/mol. The zero-order valence-corrected chi connectivity index (χ0v) is 11.4. The number of sulfone groups is 1. The van der Waals surface area contributed by atoms with E-state index < -0.39 is 22.0 Å². The van der Waals surface area contributed by atoms with Gasteiger partial charge in [0.05, 0.1) is 23.7 Å². The quantitative estimate of drug-likeness (QED) is 0.828. The van der Waals surface area contributed by atoms with E-state index in [0.29, 0.717) is 0 Å². The lowest BCUT2D eigenvalue weighted by Gasteiger charge is -2.05. The predicted octanol–water partition coefficient (Wildman–Crippen LogP) is 1.03. The summed E-state index contributed by atoms with van der Waals surface area (Å²) >= 11 is 3.32. The van der Waals surface area contributed by atoms with Gasteiger partial charge in [0.25, 0.3) is 0 Å². The molecule has 0 amide bonds. The average molecular weight is 318 g/mol. The molecule has 0 aliphatic carbocycles. The number of aliphatic imine (C=N–C) groups is 1. The van der Waals surface area contributed by atoms with E-state index in [4.69, 9.17) is 0 Å². The fraction of sp³-hybridized carbons (Fsp3) is 0.364. The maximum Gasteiger partial charge on any atom is 0.155 e. The normalized spacial score (nSPS) is 27.6. The standard InChI is InChI=1S/C11H12BrNO3S/c12-9-3-1-8(2-4-9)5-13-10-6-17(15,16)7-11(10)14/h1-5,10-11,14H,6-7H2/t10-,11-/m1/s1. The number of rotatable bonds is 2. The molecule has 0 aromatic heterocycles. The highest BCUT2D eigenvalue weighted by Gasteiger charge is 2.35. The van der Waals surface area contributed by atoms with Crippen molar-refractivity contribution in [3.8, 4) is 0 Å². The highest BCUT2D eigenvalue weighted by atomic mass is 79.9. The van der Waals surface area contributed by atoms with Crippen LogP contribution in [0.15, 0.2) is 33.7 Å². The molecule has 0 saturated carbocycles. The zero-order valence-electron chi connectivity index (χ0n) is 8.95. The van der Waals surface area contributed by atoms with Gasteiger partial charge in [-0.1, -0.05) is 28.1 Å². The van der Waals surface area contributed by atoms with Crippen molar-refractivity contribution in [2.45, 2.75) is 12.1 Å². The monoisotopic (exact) mass is 317 g/mol. The molecule has 92 valence electrons. The molecule has 1 aliphatic rings. The topological polar surface area (TPSA) is 66.7 Å². The SMILES string of the molecule is O=S1(=O)C[C@@H](O)[C@H](N=Cc2ccc(Br)cc2)C1. The summed E-state index contributed by atoms with van der Waals surface area (Å²) in [6.07, 6.45) is 0.716. The summed E-state index contributed by atoms with van der Waals surface area (Å²) in [4.78, 5) is 4.13. The Kier molecular flexibility index (Phi) is 3.65. The van der Waals surface area contributed by atoms with Gasteiger partial charge in [0, 0.05) is 10.7 Å². The Labute approximate surface area is 108 Å². The highest BCUT2D eigenvalue weighted by molar-refractivity contribution is 9.10. The van der Waals surface area contributed by atoms with Crippen molar-refractivity contribution in [3.63, 3.8) is 0 Å². The van der Waals surface area contributed by atoms with Gasteiger partial charge in [-0.15, -0.1) is 0 Å². The zero-order chi connectivity index (χ0) is 12.5. The fourth-order valence-electron chi connectivity index (χ4n) is 1.68. The molecule has 1 N–H and O–H groups in total. The number of aliphatic hydroxyl groups is 1. The van der Waals surface area contributed by atoms with Gasteiger partial charge in [-0.3, -0.25) is 4.99 Å². The summed E-state index contributed by atoms with van der Waals surface area (Å²) in [5, 5.41) is 9.55. The molecular formula is C11H12BrNO3S. The van der Waals surface area contributed by atoms with E-state index in [2.05, 4.69) is 20.9 Å². The summed E-state index contributed by atoms with van der Waals surface area (Å²) in [6, 6.07) is 6.95. The minimum absolute atomic E-state index is 0.0683. The number of nitrogens with zero attached hydrogens (tertiary/aromatic N) is 1. The first kappa shape index (κ1) is 12.7. The summed E-state index contributed by atoms with van der Waals surface area (Å²) in [5.74, 6) is -0.253. The molecule has 2 rings (SSSR count). The van der Waals surface area contributed by atoms with Crippen molar-refractivity contribution >= 4 is 32.0 Å². The first-order chi connectivity index (χ1) is 7.96. The summed E-state index contributed by atoms with van der Waals surface area (Å²) in [6.45, 7) is 0. The second-order valence-corrected chi connectivity index (χ2v) is 7.11. The molecule has 1 saturated heterocycles. The Bertz CT molecular complexity index is 524. The number of hydrogen-bond acceptors (Lipinski definition) is 4. The minimum atomic E-state index is -3.13. The molecule has 1 fully saturated rings. The van der Waals surface area contributed by atoms with E-state index >= 15 is 0 Å². The molecule has 1 heterocycles. The van der Waals surface area contributed by atoms with E-state index in [1.807, 2.05) is 24.3 Å². The maximum absolute atomic E-state index is 11.3. The molecule has 0 spiro atoms. The largest absolute Gasteiger partial charge is 0.390 e. The molecule has 1 aromatic carbocycles. The molecule has 4 nitrogen and oxygen atoms in total. The highest BCUT2D eigenvalue weighted by Crippen LogP contribution is 2.16. The molecule has 6 heteroatoms. The van der Waals surface area contributed by atoms with Gasteiger partial charge >= 0.3 is 0 Å². The smallest absolute Gasteiger partial charge is 0.155 e. The number of aliphatic hydroxyl groups excluding tert-OH is 1. The van der Waals surface area contributed by atoms with E-state index in [1.165, 1.54) is 0 Å². The first-order valence-electron chi connectivity index (χ1n) is 5.13. The lowest BCUT2D eigenvalue weighted by atomic mass is 10.2. The van der Waals surface area contributed by atoms with Crippen LogP contribution < -0.4 is 0 Å². The van der Waals surface area contributed by atoms with Crippen LogP contribution in [0.25, 0.3) is 0 Å². The Balaban J connectivity index is 2.09. The van der Waals surface area contributed by atoms with Crippen LogP contribution in [0.1, 0.15) is 5.56 Å². The van der Waals surface area contributed by atoms with Gasteiger partial charge in [0.15, 0.2) is 9.84 Å². The second kappa shape index (κ2) is 4.88. The van der Waals surface area contributed by atoms with Gasteiger partial charge in [-0.05, 0) is 17.7 Å².